The Morgan fingerprint density at radius 2 is 1.76 bits per heavy atom. The normalized spacial score (nSPS) is 10.0. The van der Waals surface area contributed by atoms with E-state index in [2.05, 4.69) is 10.6 Å². The summed E-state index contributed by atoms with van der Waals surface area (Å²) in [6.45, 7) is 1.45. The molecule has 0 aromatic heterocycles. The van der Waals surface area contributed by atoms with Gasteiger partial charge in [0.2, 0.25) is 5.91 Å². The monoisotopic (exact) mass is 346 g/mol. The number of halogens is 1. The molecule has 2 aromatic rings. The molecule has 0 bridgehead atoms. The molecule has 0 heterocycles. The summed E-state index contributed by atoms with van der Waals surface area (Å²) in [6.07, 6.45) is 0. The van der Waals surface area contributed by atoms with E-state index in [-0.39, 0.29) is 13.2 Å². The standard InChI is InChI=1S/C18H19FN2O4/c1-12-3-8-15(16(9-12)24-2)25-11-18(23)20-10-17(22)21-14-6-4-13(19)5-7-14/h3-9H,10-11H2,1-2H3,(H,20,23)(H,21,22). The smallest absolute Gasteiger partial charge is 0.258 e. The highest BCUT2D eigenvalue weighted by molar-refractivity contribution is 5.94. The third-order valence-corrected chi connectivity index (χ3v) is 3.25. The number of hydrogen-bond donors (Lipinski definition) is 2. The molecule has 2 rings (SSSR count). The van der Waals surface area contributed by atoms with Gasteiger partial charge in [0.05, 0.1) is 13.7 Å². The zero-order chi connectivity index (χ0) is 18.2. The Labute approximate surface area is 144 Å². The van der Waals surface area contributed by atoms with Crippen LogP contribution in [0, 0.1) is 12.7 Å². The van der Waals surface area contributed by atoms with Gasteiger partial charge in [-0.1, -0.05) is 6.07 Å². The van der Waals surface area contributed by atoms with Gasteiger partial charge in [-0.15, -0.1) is 0 Å². The molecule has 25 heavy (non-hydrogen) atoms. The number of anilines is 1. The molecule has 0 saturated carbocycles. The lowest BCUT2D eigenvalue weighted by atomic mass is 10.2. The first-order valence-electron chi connectivity index (χ1n) is 7.57. The fraction of sp³-hybridized carbons (Fsp3) is 0.222. The van der Waals surface area contributed by atoms with Crippen molar-refractivity contribution in [3.8, 4) is 11.5 Å². The number of nitrogens with one attached hydrogen (secondary N) is 2. The second kappa shape index (κ2) is 8.68. The summed E-state index contributed by atoms with van der Waals surface area (Å²) in [4.78, 5) is 23.5. The molecule has 0 aliphatic carbocycles. The predicted molar refractivity (Wildman–Crippen MR) is 91.3 cm³/mol. The number of carbonyl (C=O) groups excluding carboxylic acids is 2. The van der Waals surface area contributed by atoms with Gasteiger partial charge in [-0.2, -0.15) is 0 Å². The fourth-order valence-electron chi connectivity index (χ4n) is 2.01. The van der Waals surface area contributed by atoms with Gasteiger partial charge in [0, 0.05) is 5.69 Å². The Balaban J connectivity index is 1.77. The van der Waals surface area contributed by atoms with Crippen molar-refractivity contribution in [1.82, 2.24) is 5.32 Å². The highest BCUT2D eigenvalue weighted by atomic mass is 19.1. The van der Waals surface area contributed by atoms with Gasteiger partial charge in [0.25, 0.3) is 5.91 Å². The molecule has 0 unspecified atom stereocenters. The van der Waals surface area contributed by atoms with E-state index < -0.39 is 17.6 Å². The minimum atomic E-state index is -0.447. The average Bonchev–Trinajstić information content (AvgIpc) is 2.60. The van der Waals surface area contributed by atoms with Gasteiger partial charge in [-0.3, -0.25) is 9.59 Å². The summed E-state index contributed by atoms with van der Waals surface area (Å²) < 4.78 is 23.4. The number of methoxy groups -OCH3 is 1. The van der Waals surface area contributed by atoms with Gasteiger partial charge in [0.1, 0.15) is 5.82 Å². The van der Waals surface area contributed by atoms with Crippen molar-refractivity contribution in [1.29, 1.82) is 0 Å². The largest absolute Gasteiger partial charge is 0.493 e. The minimum absolute atomic E-state index is 0.218. The highest BCUT2D eigenvalue weighted by Crippen LogP contribution is 2.27. The van der Waals surface area contributed by atoms with Crippen LogP contribution in [0.1, 0.15) is 5.56 Å². The van der Waals surface area contributed by atoms with Crippen molar-refractivity contribution in [3.05, 3.63) is 53.8 Å². The molecule has 132 valence electrons. The average molecular weight is 346 g/mol. The molecule has 0 aliphatic heterocycles. The number of benzene rings is 2. The molecule has 0 atom stereocenters. The maximum absolute atomic E-state index is 12.8. The SMILES string of the molecule is COc1cc(C)ccc1OCC(=O)NCC(=O)Nc1ccc(F)cc1. The molecular formula is C18H19FN2O4. The van der Waals surface area contributed by atoms with Crippen LogP contribution in [-0.4, -0.2) is 32.1 Å². The Kier molecular flexibility index (Phi) is 6.33. The summed E-state index contributed by atoms with van der Waals surface area (Å²) in [6, 6.07) is 10.7. The van der Waals surface area contributed by atoms with Gasteiger partial charge in [-0.25, -0.2) is 4.39 Å². The van der Waals surface area contributed by atoms with E-state index in [4.69, 9.17) is 9.47 Å². The lowest BCUT2D eigenvalue weighted by molar-refractivity contribution is -0.125. The Hall–Kier alpha value is -3.09. The van der Waals surface area contributed by atoms with Gasteiger partial charge >= 0.3 is 0 Å². The van der Waals surface area contributed by atoms with Crippen LogP contribution in [0.5, 0.6) is 11.5 Å². The van der Waals surface area contributed by atoms with E-state index in [1.807, 2.05) is 13.0 Å². The van der Waals surface area contributed by atoms with Gasteiger partial charge in [0.15, 0.2) is 18.1 Å². The van der Waals surface area contributed by atoms with Crippen molar-refractivity contribution >= 4 is 17.5 Å². The summed E-state index contributed by atoms with van der Waals surface area (Å²) in [7, 11) is 1.52. The van der Waals surface area contributed by atoms with Crippen LogP contribution in [-0.2, 0) is 9.59 Å². The fourth-order valence-corrected chi connectivity index (χ4v) is 2.01. The van der Waals surface area contributed by atoms with E-state index in [0.29, 0.717) is 17.2 Å². The second-order valence-electron chi connectivity index (χ2n) is 5.27. The van der Waals surface area contributed by atoms with Crippen molar-refractivity contribution in [2.45, 2.75) is 6.92 Å². The highest BCUT2D eigenvalue weighted by Gasteiger charge is 2.09. The molecule has 2 aromatic carbocycles. The Bertz CT molecular complexity index is 747. The molecule has 0 aliphatic rings. The van der Waals surface area contributed by atoms with Crippen molar-refractivity contribution in [3.63, 3.8) is 0 Å². The molecular weight excluding hydrogens is 327 g/mol. The van der Waals surface area contributed by atoms with Crippen LogP contribution in [0.4, 0.5) is 10.1 Å². The maximum Gasteiger partial charge on any atom is 0.258 e. The molecule has 0 radical (unpaired) electrons. The van der Waals surface area contributed by atoms with E-state index in [9.17, 15) is 14.0 Å². The molecule has 7 heteroatoms. The van der Waals surface area contributed by atoms with Crippen LogP contribution in [0.25, 0.3) is 0 Å². The van der Waals surface area contributed by atoms with E-state index in [1.54, 1.807) is 12.1 Å². The van der Waals surface area contributed by atoms with E-state index in [0.717, 1.165) is 5.56 Å². The number of carbonyl (C=O) groups is 2. The predicted octanol–water partition coefficient (Wildman–Crippen LogP) is 2.28. The zero-order valence-corrected chi connectivity index (χ0v) is 14.0. The molecule has 0 saturated heterocycles. The summed E-state index contributed by atoms with van der Waals surface area (Å²) in [5.41, 5.74) is 1.45. The van der Waals surface area contributed by atoms with Crippen LogP contribution >= 0.6 is 0 Å². The lowest BCUT2D eigenvalue weighted by Crippen LogP contribution is -2.35. The lowest BCUT2D eigenvalue weighted by Gasteiger charge is -2.11. The van der Waals surface area contributed by atoms with Gasteiger partial charge in [-0.05, 0) is 48.9 Å². The number of aryl methyl sites for hydroxylation is 1. The second-order valence-corrected chi connectivity index (χ2v) is 5.27. The summed E-state index contributed by atoms with van der Waals surface area (Å²) in [5, 5.41) is 4.98. The first-order valence-corrected chi connectivity index (χ1v) is 7.57. The minimum Gasteiger partial charge on any atom is -0.493 e. The van der Waals surface area contributed by atoms with Crippen LogP contribution < -0.4 is 20.1 Å². The third-order valence-electron chi connectivity index (χ3n) is 3.25. The number of ether oxygens (including phenoxy) is 2. The zero-order valence-electron chi connectivity index (χ0n) is 14.0. The number of amides is 2. The Morgan fingerprint density at radius 3 is 2.44 bits per heavy atom. The number of rotatable bonds is 7. The maximum atomic E-state index is 12.8. The van der Waals surface area contributed by atoms with Crippen LogP contribution in [0.3, 0.4) is 0 Å². The van der Waals surface area contributed by atoms with Crippen molar-refractivity contribution in [2.75, 3.05) is 25.6 Å². The third kappa shape index (κ3) is 5.80. The van der Waals surface area contributed by atoms with E-state index >= 15 is 0 Å². The first-order chi connectivity index (χ1) is 12.0. The number of hydrogen-bond acceptors (Lipinski definition) is 4. The molecule has 0 fully saturated rings. The summed E-state index contributed by atoms with van der Waals surface area (Å²) >= 11 is 0. The quantitative estimate of drug-likeness (QED) is 0.806. The van der Waals surface area contributed by atoms with Crippen molar-refractivity contribution in [2.24, 2.45) is 0 Å². The topological polar surface area (TPSA) is 76.7 Å². The van der Waals surface area contributed by atoms with Gasteiger partial charge < -0.3 is 20.1 Å². The Morgan fingerprint density at radius 1 is 1.04 bits per heavy atom. The molecule has 0 spiro atoms. The molecule has 6 nitrogen and oxygen atoms in total. The van der Waals surface area contributed by atoms with Crippen LogP contribution in [0.2, 0.25) is 0 Å². The first kappa shape index (κ1) is 18.3. The summed E-state index contributed by atoms with van der Waals surface area (Å²) in [5.74, 6) is -0.291. The van der Waals surface area contributed by atoms with Crippen molar-refractivity contribution < 1.29 is 23.5 Å². The van der Waals surface area contributed by atoms with Crippen LogP contribution in [0.15, 0.2) is 42.5 Å². The van der Waals surface area contributed by atoms with E-state index in [1.165, 1.54) is 31.4 Å². The molecule has 2 N–H and O–H groups in total. The molecule has 2 amide bonds.